The van der Waals surface area contributed by atoms with E-state index in [0.29, 0.717) is 17.5 Å². The van der Waals surface area contributed by atoms with Crippen molar-refractivity contribution < 1.29 is 9.47 Å². The van der Waals surface area contributed by atoms with Gasteiger partial charge in [0, 0.05) is 16.3 Å². The average Bonchev–Trinajstić information content (AvgIpc) is 2.85. The van der Waals surface area contributed by atoms with E-state index in [0.717, 1.165) is 27.7 Å². The summed E-state index contributed by atoms with van der Waals surface area (Å²) in [6.07, 6.45) is 0. The molecule has 0 aromatic heterocycles. The van der Waals surface area contributed by atoms with E-state index >= 15 is 0 Å². The Morgan fingerprint density at radius 1 is 1.16 bits per heavy atom. The highest BCUT2D eigenvalue weighted by Crippen LogP contribution is 2.37. The van der Waals surface area contributed by atoms with E-state index in [-0.39, 0.29) is 0 Å². The molecule has 98 valence electrons. The molecule has 3 nitrogen and oxygen atoms in total. The van der Waals surface area contributed by atoms with Gasteiger partial charge in [-0.2, -0.15) is 0 Å². The summed E-state index contributed by atoms with van der Waals surface area (Å²) >= 11 is 7.76. The Bertz CT molecular complexity index is 598. The number of hydrogen-bond acceptors (Lipinski definition) is 4. The quantitative estimate of drug-likeness (QED) is 0.687. The summed E-state index contributed by atoms with van der Waals surface area (Å²) in [5.74, 6) is 2.38. The zero-order valence-corrected chi connectivity index (χ0v) is 11.6. The van der Waals surface area contributed by atoms with E-state index in [2.05, 4.69) is 0 Å². The number of rotatable bonds is 3. The number of hydrogen-bond donors (Lipinski definition) is 1. The Morgan fingerprint density at radius 2 is 2.00 bits per heavy atom. The van der Waals surface area contributed by atoms with Gasteiger partial charge < -0.3 is 15.2 Å². The third-order valence-corrected chi connectivity index (χ3v) is 4.47. The fourth-order valence-electron chi connectivity index (χ4n) is 1.86. The van der Waals surface area contributed by atoms with Crippen LogP contribution in [0.2, 0.25) is 5.02 Å². The van der Waals surface area contributed by atoms with Crippen LogP contribution in [0.15, 0.2) is 41.3 Å². The molecule has 1 aliphatic rings. The number of nitrogens with two attached hydrogens (primary N) is 1. The Hall–Kier alpha value is -1.52. The molecule has 0 unspecified atom stereocenters. The van der Waals surface area contributed by atoms with Crippen LogP contribution in [0.3, 0.4) is 0 Å². The molecule has 0 amide bonds. The lowest BCUT2D eigenvalue weighted by atomic mass is 10.2. The van der Waals surface area contributed by atoms with Crippen LogP contribution in [0.1, 0.15) is 5.56 Å². The molecule has 0 fully saturated rings. The van der Waals surface area contributed by atoms with Crippen molar-refractivity contribution in [1.82, 2.24) is 0 Å². The minimum atomic E-state index is 0.295. The van der Waals surface area contributed by atoms with Crippen molar-refractivity contribution in [1.29, 1.82) is 0 Å². The average molecular weight is 294 g/mol. The summed E-state index contributed by atoms with van der Waals surface area (Å²) in [4.78, 5) is 0.918. The van der Waals surface area contributed by atoms with Gasteiger partial charge in [0.25, 0.3) is 0 Å². The smallest absolute Gasteiger partial charge is 0.231 e. The second kappa shape index (κ2) is 5.23. The molecule has 1 heterocycles. The molecule has 0 aliphatic carbocycles. The summed E-state index contributed by atoms with van der Waals surface area (Å²) in [7, 11) is 0. The number of thioether (sulfide) groups is 1. The van der Waals surface area contributed by atoms with Crippen LogP contribution in [-0.2, 0) is 5.75 Å². The van der Waals surface area contributed by atoms with E-state index in [1.54, 1.807) is 11.8 Å². The number of anilines is 1. The normalized spacial score (nSPS) is 12.7. The molecule has 0 radical (unpaired) electrons. The minimum Gasteiger partial charge on any atom is -0.454 e. The molecule has 1 aliphatic heterocycles. The van der Waals surface area contributed by atoms with Gasteiger partial charge in [-0.15, -0.1) is 11.8 Å². The maximum absolute atomic E-state index is 6.14. The van der Waals surface area contributed by atoms with Gasteiger partial charge in [0.2, 0.25) is 6.79 Å². The van der Waals surface area contributed by atoms with Crippen LogP contribution in [-0.4, -0.2) is 6.79 Å². The fraction of sp³-hybridized carbons (Fsp3) is 0.143. The Kier molecular flexibility index (Phi) is 3.44. The molecule has 0 saturated carbocycles. The molecular formula is C14H12ClNO2S. The van der Waals surface area contributed by atoms with E-state index in [9.17, 15) is 0 Å². The SMILES string of the molecule is Nc1cccc(Cl)c1SCc1ccc2c(c1)OCO2. The maximum Gasteiger partial charge on any atom is 0.231 e. The summed E-state index contributed by atoms with van der Waals surface area (Å²) < 4.78 is 10.6. The first kappa shape index (κ1) is 12.5. The van der Waals surface area contributed by atoms with Gasteiger partial charge in [-0.25, -0.2) is 0 Å². The van der Waals surface area contributed by atoms with Gasteiger partial charge in [-0.1, -0.05) is 23.7 Å². The van der Waals surface area contributed by atoms with Crippen molar-refractivity contribution in [2.24, 2.45) is 0 Å². The molecule has 2 aromatic rings. The number of nitrogen functional groups attached to an aromatic ring is 1. The second-order valence-electron chi connectivity index (χ2n) is 4.13. The minimum absolute atomic E-state index is 0.295. The highest BCUT2D eigenvalue weighted by atomic mass is 35.5. The summed E-state index contributed by atoms with van der Waals surface area (Å²) in [5.41, 5.74) is 7.78. The summed E-state index contributed by atoms with van der Waals surface area (Å²) in [6, 6.07) is 11.5. The van der Waals surface area contributed by atoms with Crippen LogP contribution in [0, 0.1) is 0 Å². The van der Waals surface area contributed by atoms with E-state index < -0.39 is 0 Å². The van der Waals surface area contributed by atoms with Crippen LogP contribution in [0.5, 0.6) is 11.5 Å². The fourth-order valence-corrected chi connectivity index (χ4v) is 3.14. The lowest BCUT2D eigenvalue weighted by Crippen LogP contribution is -1.93. The Balaban J connectivity index is 1.76. The van der Waals surface area contributed by atoms with Crippen LogP contribution < -0.4 is 15.2 Å². The van der Waals surface area contributed by atoms with Gasteiger partial charge in [0.1, 0.15) is 0 Å². The van der Waals surface area contributed by atoms with Gasteiger partial charge in [-0.3, -0.25) is 0 Å². The topological polar surface area (TPSA) is 44.5 Å². The Labute approximate surface area is 120 Å². The zero-order valence-electron chi connectivity index (χ0n) is 10.1. The molecule has 2 aromatic carbocycles. The third kappa shape index (κ3) is 2.60. The van der Waals surface area contributed by atoms with Gasteiger partial charge in [0.15, 0.2) is 11.5 Å². The predicted octanol–water partition coefficient (Wildman–Crippen LogP) is 3.94. The molecule has 0 spiro atoms. The largest absolute Gasteiger partial charge is 0.454 e. The lowest BCUT2D eigenvalue weighted by Gasteiger charge is -2.08. The first-order valence-electron chi connectivity index (χ1n) is 5.79. The van der Waals surface area contributed by atoms with Crippen molar-refractivity contribution >= 4 is 29.1 Å². The molecule has 0 saturated heterocycles. The van der Waals surface area contributed by atoms with E-state index in [1.165, 1.54) is 0 Å². The highest BCUT2D eigenvalue weighted by Gasteiger charge is 2.13. The van der Waals surface area contributed by atoms with Crippen LogP contribution in [0.4, 0.5) is 5.69 Å². The first-order chi connectivity index (χ1) is 9.24. The second-order valence-corrected chi connectivity index (χ2v) is 5.53. The molecule has 5 heteroatoms. The van der Waals surface area contributed by atoms with Crippen molar-refractivity contribution in [3.05, 3.63) is 47.0 Å². The molecule has 3 rings (SSSR count). The monoisotopic (exact) mass is 293 g/mol. The molecule has 2 N–H and O–H groups in total. The van der Waals surface area contributed by atoms with Crippen molar-refractivity contribution in [2.45, 2.75) is 10.6 Å². The van der Waals surface area contributed by atoms with Gasteiger partial charge >= 0.3 is 0 Å². The van der Waals surface area contributed by atoms with Crippen molar-refractivity contribution in [3.8, 4) is 11.5 Å². The van der Waals surface area contributed by atoms with E-state index in [4.69, 9.17) is 26.8 Å². The molecule has 0 bridgehead atoms. The summed E-state index contributed by atoms with van der Waals surface area (Å²) in [5, 5.41) is 0.686. The predicted molar refractivity (Wildman–Crippen MR) is 78.0 cm³/mol. The Morgan fingerprint density at radius 3 is 2.84 bits per heavy atom. The zero-order chi connectivity index (χ0) is 13.2. The van der Waals surface area contributed by atoms with Gasteiger partial charge in [0.05, 0.1) is 5.02 Å². The third-order valence-electron chi connectivity index (χ3n) is 2.82. The standard InChI is InChI=1S/C14H12ClNO2S/c15-10-2-1-3-11(16)14(10)19-7-9-4-5-12-13(6-9)18-8-17-12/h1-6H,7-8,16H2. The molecular weight excluding hydrogens is 282 g/mol. The van der Waals surface area contributed by atoms with Crippen molar-refractivity contribution in [2.75, 3.05) is 12.5 Å². The summed E-state index contributed by atoms with van der Waals surface area (Å²) in [6.45, 7) is 0.295. The number of halogens is 1. The van der Waals surface area contributed by atoms with Crippen LogP contribution in [0.25, 0.3) is 0 Å². The number of ether oxygens (including phenoxy) is 2. The molecule has 0 atom stereocenters. The van der Waals surface area contributed by atoms with Crippen molar-refractivity contribution in [3.63, 3.8) is 0 Å². The first-order valence-corrected chi connectivity index (χ1v) is 7.16. The van der Waals surface area contributed by atoms with E-state index in [1.807, 2.05) is 36.4 Å². The number of fused-ring (bicyclic) bond motifs is 1. The maximum atomic E-state index is 6.14. The molecule has 19 heavy (non-hydrogen) atoms. The highest BCUT2D eigenvalue weighted by molar-refractivity contribution is 7.98. The lowest BCUT2D eigenvalue weighted by molar-refractivity contribution is 0.174. The number of benzene rings is 2. The van der Waals surface area contributed by atoms with Gasteiger partial charge in [-0.05, 0) is 29.8 Å². The van der Waals surface area contributed by atoms with Crippen LogP contribution >= 0.6 is 23.4 Å².